The number of hydrogen-bond acceptors (Lipinski definition) is 6. The Morgan fingerprint density at radius 2 is 1.79 bits per heavy atom. The van der Waals surface area contributed by atoms with Gasteiger partial charge in [0.25, 0.3) is 5.69 Å². The standard InChI is InChI=1S/C20H19ClN2O6/c1-12(2)9-19(25)22-14-5-3-13(4-6-14)18(24)11-29-20(26)16-8-7-15(23(27)28)10-17(16)21/h3-8,10,12H,9,11H2,1-2H3,(H,22,25). The fourth-order valence-electron chi connectivity index (χ4n) is 2.40. The number of hydrogen-bond donors (Lipinski definition) is 1. The van der Waals surface area contributed by atoms with Crippen molar-refractivity contribution in [3.05, 3.63) is 68.7 Å². The maximum absolute atomic E-state index is 12.2. The number of esters is 1. The molecule has 0 saturated carbocycles. The summed E-state index contributed by atoms with van der Waals surface area (Å²) in [5.41, 5.74) is 0.521. The van der Waals surface area contributed by atoms with Crippen LogP contribution in [0, 0.1) is 16.0 Å². The lowest BCUT2D eigenvalue weighted by atomic mass is 10.1. The molecule has 0 aromatic heterocycles. The average Bonchev–Trinajstić information content (AvgIpc) is 2.65. The third kappa shape index (κ3) is 6.39. The molecule has 0 aliphatic heterocycles. The van der Waals surface area contributed by atoms with Gasteiger partial charge in [-0.1, -0.05) is 25.4 Å². The van der Waals surface area contributed by atoms with E-state index in [1.54, 1.807) is 12.1 Å². The maximum Gasteiger partial charge on any atom is 0.340 e. The Hall–Kier alpha value is -3.26. The van der Waals surface area contributed by atoms with Crippen molar-refractivity contribution in [3.8, 4) is 0 Å². The van der Waals surface area contributed by atoms with Crippen molar-refractivity contribution in [2.45, 2.75) is 20.3 Å². The molecule has 0 spiro atoms. The molecule has 0 heterocycles. The molecule has 0 saturated heterocycles. The molecule has 8 nitrogen and oxygen atoms in total. The Balaban J connectivity index is 1.94. The van der Waals surface area contributed by atoms with Crippen LogP contribution < -0.4 is 5.32 Å². The van der Waals surface area contributed by atoms with Gasteiger partial charge in [0.05, 0.1) is 15.5 Å². The number of non-ortho nitro benzene ring substituents is 1. The first-order valence-corrected chi connectivity index (χ1v) is 9.09. The molecule has 0 fully saturated rings. The van der Waals surface area contributed by atoms with Gasteiger partial charge in [0.2, 0.25) is 5.91 Å². The van der Waals surface area contributed by atoms with Crippen molar-refractivity contribution >= 4 is 40.6 Å². The summed E-state index contributed by atoms with van der Waals surface area (Å²) in [5, 5.41) is 13.3. The minimum absolute atomic E-state index is 0.0757. The van der Waals surface area contributed by atoms with E-state index in [4.69, 9.17) is 16.3 Å². The van der Waals surface area contributed by atoms with E-state index in [0.717, 1.165) is 12.1 Å². The Morgan fingerprint density at radius 3 is 2.34 bits per heavy atom. The first kappa shape index (κ1) is 22.0. The molecule has 29 heavy (non-hydrogen) atoms. The lowest BCUT2D eigenvalue weighted by Crippen LogP contribution is -2.15. The van der Waals surface area contributed by atoms with Crippen LogP contribution in [-0.2, 0) is 9.53 Å². The second kappa shape index (κ2) is 9.79. The van der Waals surface area contributed by atoms with E-state index in [9.17, 15) is 24.5 Å². The zero-order valence-corrected chi connectivity index (χ0v) is 16.6. The van der Waals surface area contributed by atoms with Gasteiger partial charge in [0.1, 0.15) is 0 Å². The van der Waals surface area contributed by atoms with Crippen molar-refractivity contribution in [2.75, 3.05) is 11.9 Å². The molecule has 2 aromatic carbocycles. The van der Waals surface area contributed by atoms with Crippen LogP contribution in [0.25, 0.3) is 0 Å². The Bertz CT molecular complexity index is 940. The largest absolute Gasteiger partial charge is 0.454 e. The van der Waals surface area contributed by atoms with Gasteiger partial charge in [-0.05, 0) is 36.2 Å². The van der Waals surface area contributed by atoms with Crippen molar-refractivity contribution in [3.63, 3.8) is 0 Å². The van der Waals surface area contributed by atoms with E-state index in [0.29, 0.717) is 17.7 Å². The summed E-state index contributed by atoms with van der Waals surface area (Å²) < 4.78 is 4.95. The maximum atomic E-state index is 12.2. The summed E-state index contributed by atoms with van der Waals surface area (Å²) in [6.45, 7) is 3.35. The van der Waals surface area contributed by atoms with Gasteiger partial charge in [-0.25, -0.2) is 4.79 Å². The number of carbonyl (C=O) groups is 3. The number of ether oxygens (including phenoxy) is 1. The quantitative estimate of drug-likeness (QED) is 0.296. The van der Waals surface area contributed by atoms with E-state index in [1.165, 1.54) is 18.2 Å². The number of nitrogens with one attached hydrogen (secondary N) is 1. The van der Waals surface area contributed by atoms with Gasteiger partial charge in [-0.2, -0.15) is 0 Å². The van der Waals surface area contributed by atoms with Crippen LogP contribution >= 0.6 is 11.6 Å². The molecule has 2 rings (SSSR count). The van der Waals surface area contributed by atoms with Gasteiger partial charge in [0.15, 0.2) is 12.4 Å². The molecule has 0 radical (unpaired) electrons. The van der Waals surface area contributed by atoms with Crippen LogP contribution in [0.1, 0.15) is 41.0 Å². The highest BCUT2D eigenvalue weighted by atomic mass is 35.5. The van der Waals surface area contributed by atoms with Gasteiger partial charge in [-0.3, -0.25) is 19.7 Å². The number of carbonyl (C=O) groups excluding carboxylic acids is 3. The summed E-state index contributed by atoms with van der Waals surface area (Å²) in [5.74, 6) is -1.20. The fourth-order valence-corrected chi connectivity index (χ4v) is 2.65. The summed E-state index contributed by atoms with van der Waals surface area (Å²) in [6, 6.07) is 9.52. The molecular weight excluding hydrogens is 400 g/mol. The number of ketones is 1. The fraction of sp³-hybridized carbons (Fsp3) is 0.250. The molecule has 0 aliphatic rings. The van der Waals surface area contributed by atoms with Crippen molar-refractivity contribution in [1.29, 1.82) is 0 Å². The van der Waals surface area contributed by atoms with E-state index in [1.807, 2.05) is 13.8 Å². The predicted molar refractivity (Wildman–Crippen MR) is 107 cm³/mol. The molecule has 0 atom stereocenters. The summed E-state index contributed by atoms with van der Waals surface area (Å²) in [6.07, 6.45) is 0.391. The molecule has 0 unspecified atom stereocenters. The summed E-state index contributed by atoms with van der Waals surface area (Å²) >= 11 is 5.87. The monoisotopic (exact) mass is 418 g/mol. The smallest absolute Gasteiger partial charge is 0.340 e. The number of benzene rings is 2. The predicted octanol–water partition coefficient (Wildman–Crippen LogP) is 4.27. The van der Waals surface area contributed by atoms with Crippen molar-refractivity contribution in [2.24, 2.45) is 5.92 Å². The minimum atomic E-state index is -0.865. The summed E-state index contributed by atoms with van der Waals surface area (Å²) in [4.78, 5) is 46.1. The topological polar surface area (TPSA) is 116 Å². The SMILES string of the molecule is CC(C)CC(=O)Nc1ccc(C(=O)COC(=O)c2ccc([N+](=O)[O-])cc2Cl)cc1. The minimum Gasteiger partial charge on any atom is -0.454 e. The van der Waals surface area contributed by atoms with Crippen LogP contribution in [-0.4, -0.2) is 29.2 Å². The Kier molecular flexibility index (Phi) is 7.44. The summed E-state index contributed by atoms with van der Waals surface area (Å²) in [7, 11) is 0. The van der Waals surface area contributed by atoms with Gasteiger partial charge in [0, 0.05) is 29.8 Å². The molecule has 0 bridgehead atoms. The number of rotatable bonds is 8. The molecule has 9 heteroatoms. The number of amides is 1. The second-order valence-corrected chi connectivity index (χ2v) is 7.05. The first-order valence-electron chi connectivity index (χ1n) is 8.71. The highest BCUT2D eigenvalue weighted by Crippen LogP contribution is 2.23. The van der Waals surface area contributed by atoms with E-state index >= 15 is 0 Å². The first-order chi connectivity index (χ1) is 13.7. The molecular formula is C20H19ClN2O6. The average molecular weight is 419 g/mol. The Labute approximate surface area is 172 Å². The molecule has 1 N–H and O–H groups in total. The number of nitro benzene ring substituents is 1. The van der Waals surface area contributed by atoms with Crippen LogP contribution in [0.15, 0.2) is 42.5 Å². The van der Waals surface area contributed by atoms with Crippen LogP contribution in [0.4, 0.5) is 11.4 Å². The molecule has 0 aliphatic carbocycles. The molecule has 152 valence electrons. The third-order valence-corrected chi connectivity index (χ3v) is 4.11. The van der Waals surface area contributed by atoms with Gasteiger partial charge >= 0.3 is 5.97 Å². The van der Waals surface area contributed by atoms with Crippen molar-refractivity contribution in [1.82, 2.24) is 0 Å². The van der Waals surface area contributed by atoms with E-state index in [-0.39, 0.29) is 28.1 Å². The van der Waals surface area contributed by atoms with E-state index in [2.05, 4.69) is 5.32 Å². The number of anilines is 1. The second-order valence-electron chi connectivity index (χ2n) is 6.64. The number of Topliss-reactive ketones (excluding diaryl/α,β-unsaturated/α-hetero) is 1. The zero-order valence-electron chi connectivity index (χ0n) is 15.8. The highest BCUT2D eigenvalue weighted by molar-refractivity contribution is 6.33. The van der Waals surface area contributed by atoms with Gasteiger partial charge < -0.3 is 10.1 Å². The lowest BCUT2D eigenvalue weighted by Gasteiger charge is -2.08. The van der Waals surface area contributed by atoms with Crippen molar-refractivity contribution < 1.29 is 24.0 Å². The number of nitro groups is 1. The lowest BCUT2D eigenvalue weighted by molar-refractivity contribution is -0.384. The van der Waals surface area contributed by atoms with Crippen LogP contribution in [0.5, 0.6) is 0 Å². The molecule has 2 aromatic rings. The number of nitrogens with zero attached hydrogens (tertiary/aromatic N) is 1. The highest BCUT2D eigenvalue weighted by Gasteiger charge is 2.18. The zero-order chi connectivity index (χ0) is 21.6. The normalized spacial score (nSPS) is 10.5. The molecule has 1 amide bonds. The van der Waals surface area contributed by atoms with E-state index < -0.39 is 23.3 Å². The Morgan fingerprint density at radius 1 is 1.14 bits per heavy atom. The van der Waals surface area contributed by atoms with Crippen LogP contribution in [0.3, 0.4) is 0 Å². The third-order valence-electron chi connectivity index (χ3n) is 3.80. The number of halogens is 1. The van der Waals surface area contributed by atoms with Crippen LogP contribution in [0.2, 0.25) is 5.02 Å². The van der Waals surface area contributed by atoms with Gasteiger partial charge in [-0.15, -0.1) is 0 Å².